The maximum absolute atomic E-state index is 13.2. The molecule has 1 saturated heterocycles. The lowest BCUT2D eigenvalue weighted by Crippen LogP contribution is -2.49. The van der Waals surface area contributed by atoms with Crippen molar-refractivity contribution in [3.63, 3.8) is 0 Å². The highest BCUT2D eigenvalue weighted by Crippen LogP contribution is 2.26. The van der Waals surface area contributed by atoms with Gasteiger partial charge in [0.15, 0.2) is 0 Å². The van der Waals surface area contributed by atoms with Crippen LogP contribution in [0, 0.1) is 0 Å². The maximum atomic E-state index is 13.2. The van der Waals surface area contributed by atoms with Crippen LogP contribution in [-0.4, -0.2) is 55.0 Å². The molecule has 2 amide bonds. The molecule has 0 spiro atoms. The van der Waals surface area contributed by atoms with Crippen molar-refractivity contribution >= 4 is 45.7 Å². The van der Waals surface area contributed by atoms with Gasteiger partial charge in [-0.1, -0.05) is 23.7 Å². The minimum absolute atomic E-state index is 0.0982. The van der Waals surface area contributed by atoms with Gasteiger partial charge in [0.1, 0.15) is 11.4 Å². The lowest BCUT2D eigenvalue weighted by molar-refractivity contribution is 0.0740. The number of para-hydroxylation sites is 1. The van der Waals surface area contributed by atoms with Gasteiger partial charge in [-0.25, -0.2) is 4.98 Å². The van der Waals surface area contributed by atoms with Gasteiger partial charge in [0.05, 0.1) is 12.6 Å². The largest absolute Gasteiger partial charge is 0.496 e. The van der Waals surface area contributed by atoms with Gasteiger partial charge in [0.25, 0.3) is 11.8 Å². The van der Waals surface area contributed by atoms with E-state index in [-0.39, 0.29) is 11.8 Å². The molecule has 1 aliphatic rings. The van der Waals surface area contributed by atoms with Crippen molar-refractivity contribution in [1.82, 2.24) is 9.88 Å². The molecule has 0 saturated carbocycles. The van der Waals surface area contributed by atoms with E-state index in [1.807, 2.05) is 53.4 Å². The highest BCUT2D eigenvalue weighted by molar-refractivity contribution is 6.30. The molecule has 0 bridgehead atoms. The number of piperazine rings is 1. The average molecular weight is 501 g/mol. The molecule has 1 aliphatic heterocycles. The number of fused-ring (bicyclic) bond motifs is 1. The zero-order chi connectivity index (χ0) is 25.1. The standard InChI is InChI=1S/C28H25ClN4O3/c1-36-26-18-25(31-24-5-3-2-4-23(24)26)28(35)33-16-14-32(15-17-33)22-12-10-21(11-13-22)30-27(34)19-6-8-20(29)9-7-19/h2-13,18H,14-17H2,1H3,(H,30,34). The number of anilines is 2. The van der Waals surface area contributed by atoms with Crippen molar-refractivity contribution in [3.05, 3.63) is 95.1 Å². The number of ether oxygens (including phenoxy) is 1. The van der Waals surface area contributed by atoms with Crippen LogP contribution in [-0.2, 0) is 0 Å². The maximum Gasteiger partial charge on any atom is 0.272 e. The summed E-state index contributed by atoms with van der Waals surface area (Å²) in [6.07, 6.45) is 0. The summed E-state index contributed by atoms with van der Waals surface area (Å²) < 4.78 is 5.49. The van der Waals surface area contributed by atoms with Gasteiger partial charge in [0.2, 0.25) is 0 Å². The number of aromatic nitrogens is 1. The number of carbonyl (C=O) groups is 2. The number of pyridine rings is 1. The summed E-state index contributed by atoms with van der Waals surface area (Å²) in [6, 6.07) is 23.8. The molecule has 3 aromatic carbocycles. The molecule has 1 fully saturated rings. The van der Waals surface area contributed by atoms with Crippen molar-refractivity contribution in [3.8, 4) is 5.75 Å². The smallest absolute Gasteiger partial charge is 0.272 e. The van der Waals surface area contributed by atoms with E-state index in [0.29, 0.717) is 53.9 Å². The minimum Gasteiger partial charge on any atom is -0.496 e. The lowest BCUT2D eigenvalue weighted by atomic mass is 10.1. The van der Waals surface area contributed by atoms with E-state index in [9.17, 15) is 9.59 Å². The number of nitrogens with zero attached hydrogens (tertiary/aromatic N) is 3. The van der Waals surface area contributed by atoms with Crippen LogP contribution in [0.25, 0.3) is 10.9 Å². The topological polar surface area (TPSA) is 74.8 Å². The Morgan fingerprint density at radius 2 is 1.61 bits per heavy atom. The zero-order valence-corrected chi connectivity index (χ0v) is 20.5. The van der Waals surface area contributed by atoms with Crippen LogP contribution in [0.5, 0.6) is 5.75 Å². The van der Waals surface area contributed by atoms with E-state index in [2.05, 4.69) is 15.2 Å². The first-order valence-electron chi connectivity index (χ1n) is 11.7. The molecule has 0 atom stereocenters. The SMILES string of the molecule is COc1cc(C(=O)N2CCN(c3ccc(NC(=O)c4ccc(Cl)cc4)cc3)CC2)nc2ccccc12. The number of carbonyl (C=O) groups excluding carboxylic acids is 2. The summed E-state index contributed by atoms with van der Waals surface area (Å²) in [5.41, 5.74) is 3.42. The van der Waals surface area contributed by atoms with Gasteiger partial charge in [-0.05, 0) is 60.7 Å². The number of amides is 2. The molecule has 4 aromatic rings. The molecule has 182 valence electrons. The summed E-state index contributed by atoms with van der Waals surface area (Å²) >= 11 is 5.89. The molecule has 1 aromatic heterocycles. The Hall–Kier alpha value is -4.10. The fourth-order valence-electron chi connectivity index (χ4n) is 4.31. The first kappa shape index (κ1) is 23.6. The summed E-state index contributed by atoms with van der Waals surface area (Å²) in [5, 5.41) is 4.37. The summed E-state index contributed by atoms with van der Waals surface area (Å²) in [6.45, 7) is 2.58. The van der Waals surface area contributed by atoms with Crippen LogP contribution < -0.4 is 15.0 Å². The quantitative estimate of drug-likeness (QED) is 0.412. The number of hydrogen-bond donors (Lipinski definition) is 1. The number of nitrogens with one attached hydrogen (secondary N) is 1. The van der Waals surface area contributed by atoms with Crippen molar-refractivity contribution in [2.75, 3.05) is 43.5 Å². The lowest BCUT2D eigenvalue weighted by Gasteiger charge is -2.36. The zero-order valence-electron chi connectivity index (χ0n) is 19.8. The third-order valence-corrected chi connectivity index (χ3v) is 6.53. The van der Waals surface area contributed by atoms with Gasteiger partial charge in [-0.3, -0.25) is 9.59 Å². The second-order valence-corrected chi connectivity index (χ2v) is 8.95. The molecule has 5 rings (SSSR count). The molecule has 0 radical (unpaired) electrons. The van der Waals surface area contributed by atoms with Crippen LogP contribution in [0.2, 0.25) is 5.02 Å². The Labute approximate surface area is 214 Å². The van der Waals surface area contributed by atoms with Crippen LogP contribution in [0.15, 0.2) is 78.9 Å². The van der Waals surface area contributed by atoms with E-state index in [1.165, 1.54) is 0 Å². The second-order valence-electron chi connectivity index (χ2n) is 8.51. The molecular weight excluding hydrogens is 476 g/mol. The van der Waals surface area contributed by atoms with Gasteiger partial charge >= 0.3 is 0 Å². The molecule has 0 aliphatic carbocycles. The van der Waals surface area contributed by atoms with Gasteiger partial charge in [-0.15, -0.1) is 0 Å². The van der Waals surface area contributed by atoms with Crippen LogP contribution >= 0.6 is 11.6 Å². The average Bonchev–Trinajstić information content (AvgIpc) is 2.93. The molecule has 36 heavy (non-hydrogen) atoms. The van der Waals surface area contributed by atoms with Crippen LogP contribution in [0.1, 0.15) is 20.8 Å². The summed E-state index contributed by atoms with van der Waals surface area (Å²) in [7, 11) is 1.60. The number of benzene rings is 3. The van der Waals surface area contributed by atoms with E-state index >= 15 is 0 Å². The monoisotopic (exact) mass is 500 g/mol. The Morgan fingerprint density at radius 3 is 2.31 bits per heavy atom. The van der Waals surface area contributed by atoms with Crippen molar-refractivity contribution in [1.29, 1.82) is 0 Å². The van der Waals surface area contributed by atoms with Crippen LogP contribution in [0.3, 0.4) is 0 Å². The molecule has 1 N–H and O–H groups in total. The first-order valence-corrected chi connectivity index (χ1v) is 12.0. The fourth-order valence-corrected chi connectivity index (χ4v) is 4.44. The Morgan fingerprint density at radius 1 is 0.917 bits per heavy atom. The Bertz CT molecular complexity index is 1400. The predicted octanol–water partition coefficient (Wildman–Crippen LogP) is 5.11. The summed E-state index contributed by atoms with van der Waals surface area (Å²) in [5.74, 6) is 0.357. The number of methoxy groups -OCH3 is 1. The van der Waals surface area contributed by atoms with Crippen molar-refractivity contribution in [2.24, 2.45) is 0 Å². The normalized spacial score (nSPS) is 13.5. The number of rotatable bonds is 5. The predicted molar refractivity (Wildman–Crippen MR) is 142 cm³/mol. The van der Waals surface area contributed by atoms with E-state index in [1.54, 1.807) is 37.4 Å². The molecule has 0 unspecified atom stereocenters. The van der Waals surface area contributed by atoms with Crippen molar-refractivity contribution < 1.29 is 14.3 Å². The van der Waals surface area contributed by atoms with Gasteiger partial charge < -0.3 is 19.9 Å². The Balaban J connectivity index is 1.21. The van der Waals surface area contributed by atoms with E-state index in [4.69, 9.17) is 16.3 Å². The molecular formula is C28H25ClN4O3. The minimum atomic E-state index is -0.189. The second kappa shape index (κ2) is 10.3. The molecule has 8 heteroatoms. The van der Waals surface area contributed by atoms with Gasteiger partial charge in [0, 0.05) is 59.6 Å². The number of hydrogen-bond acceptors (Lipinski definition) is 5. The fraction of sp³-hybridized carbons (Fsp3) is 0.179. The van der Waals surface area contributed by atoms with E-state index < -0.39 is 0 Å². The first-order chi connectivity index (χ1) is 17.5. The van der Waals surface area contributed by atoms with Crippen LogP contribution in [0.4, 0.5) is 11.4 Å². The number of halogens is 1. The van der Waals surface area contributed by atoms with E-state index in [0.717, 1.165) is 16.6 Å². The highest BCUT2D eigenvalue weighted by Gasteiger charge is 2.24. The third-order valence-electron chi connectivity index (χ3n) is 6.28. The molecule has 7 nitrogen and oxygen atoms in total. The highest BCUT2D eigenvalue weighted by atomic mass is 35.5. The van der Waals surface area contributed by atoms with Crippen molar-refractivity contribution in [2.45, 2.75) is 0 Å². The van der Waals surface area contributed by atoms with Gasteiger partial charge in [-0.2, -0.15) is 0 Å². The third kappa shape index (κ3) is 4.97. The Kier molecular flexibility index (Phi) is 6.73. The summed E-state index contributed by atoms with van der Waals surface area (Å²) in [4.78, 5) is 34.2. The molecule has 2 heterocycles.